The van der Waals surface area contributed by atoms with Gasteiger partial charge in [-0.25, -0.2) is 0 Å². The quantitative estimate of drug-likeness (QED) is 0.423. The summed E-state index contributed by atoms with van der Waals surface area (Å²) in [6, 6.07) is 3.88. The maximum Gasteiger partial charge on any atom is 0.203 e. The molecule has 1 aliphatic rings. The first kappa shape index (κ1) is 19.9. The topological polar surface area (TPSA) is 64.1 Å². The average Bonchev–Trinajstić information content (AvgIpc) is 2.70. The van der Waals surface area contributed by atoms with E-state index in [9.17, 15) is 0 Å². The molecule has 1 aromatic rings. The monoisotopic (exact) mass is 361 g/mol. The van der Waals surface area contributed by atoms with E-state index in [1.807, 2.05) is 12.1 Å². The summed E-state index contributed by atoms with van der Waals surface area (Å²) in [6.45, 7) is 1.50. The van der Waals surface area contributed by atoms with Crippen molar-refractivity contribution in [1.82, 2.24) is 10.6 Å². The number of aliphatic imine (C=N–C) groups is 1. The molecule has 2 N–H and O–H groups in total. The molecule has 2 rings (SSSR count). The number of nitrogens with one attached hydrogen (secondary N) is 2. The zero-order valence-electron chi connectivity index (χ0n) is 16.4. The smallest absolute Gasteiger partial charge is 0.203 e. The molecule has 0 spiro atoms. The lowest BCUT2D eigenvalue weighted by atomic mass is 9.97. The number of nitrogens with zero attached hydrogens (tertiary/aromatic N) is 1. The van der Waals surface area contributed by atoms with E-state index in [0.29, 0.717) is 23.8 Å². The van der Waals surface area contributed by atoms with Gasteiger partial charge in [0.05, 0.1) is 21.3 Å². The lowest BCUT2D eigenvalue weighted by Gasteiger charge is -2.17. The number of rotatable bonds is 8. The molecule has 0 unspecified atom stereocenters. The van der Waals surface area contributed by atoms with Crippen molar-refractivity contribution in [3.8, 4) is 17.2 Å². The fraction of sp³-hybridized carbons (Fsp3) is 0.550. The Morgan fingerprint density at radius 3 is 2.31 bits per heavy atom. The Morgan fingerprint density at radius 2 is 1.77 bits per heavy atom. The predicted molar refractivity (Wildman–Crippen MR) is 105 cm³/mol. The highest BCUT2D eigenvalue weighted by atomic mass is 16.5. The third kappa shape index (κ3) is 5.58. The Hall–Kier alpha value is -2.37. The van der Waals surface area contributed by atoms with Crippen LogP contribution in [0.25, 0.3) is 0 Å². The molecule has 1 aromatic carbocycles. The van der Waals surface area contributed by atoms with E-state index in [4.69, 9.17) is 14.2 Å². The van der Waals surface area contributed by atoms with E-state index in [1.165, 1.54) is 25.7 Å². The Balaban J connectivity index is 1.90. The first-order valence-electron chi connectivity index (χ1n) is 9.13. The van der Waals surface area contributed by atoms with Crippen LogP contribution in [0.1, 0.15) is 37.7 Å². The molecule has 0 aromatic heterocycles. The molecule has 0 radical (unpaired) electrons. The number of methoxy groups -OCH3 is 3. The van der Waals surface area contributed by atoms with Crippen LogP contribution in [-0.2, 0) is 6.54 Å². The van der Waals surface area contributed by atoms with Crippen molar-refractivity contribution < 1.29 is 14.2 Å². The summed E-state index contributed by atoms with van der Waals surface area (Å²) in [7, 11) is 6.63. The molecule has 0 aliphatic heterocycles. The van der Waals surface area contributed by atoms with Crippen LogP contribution in [0.3, 0.4) is 0 Å². The predicted octanol–water partition coefficient (Wildman–Crippen LogP) is 3.27. The molecule has 6 heteroatoms. The molecule has 0 heterocycles. The molecule has 6 nitrogen and oxygen atoms in total. The number of hydrogen-bond acceptors (Lipinski definition) is 4. The Kier molecular flexibility index (Phi) is 8.12. The lowest BCUT2D eigenvalue weighted by molar-refractivity contribution is 0.323. The molecule has 0 saturated carbocycles. The van der Waals surface area contributed by atoms with Gasteiger partial charge in [-0.1, -0.05) is 11.6 Å². The van der Waals surface area contributed by atoms with Crippen molar-refractivity contribution >= 4 is 5.96 Å². The highest BCUT2D eigenvalue weighted by Gasteiger charge is 2.13. The summed E-state index contributed by atoms with van der Waals surface area (Å²) in [4.78, 5) is 4.29. The number of ether oxygens (including phenoxy) is 3. The highest BCUT2D eigenvalue weighted by molar-refractivity contribution is 5.79. The Labute approximate surface area is 156 Å². The molecule has 0 amide bonds. The van der Waals surface area contributed by atoms with Crippen molar-refractivity contribution in [1.29, 1.82) is 0 Å². The summed E-state index contributed by atoms with van der Waals surface area (Å²) in [6.07, 6.45) is 8.57. The van der Waals surface area contributed by atoms with Crippen LogP contribution in [-0.4, -0.2) is 40.9 Å². The van der Waals surface area contributed by atoms with Crippen LogP contribution < -0.4 is 24.8 Å². The first-order chi connectivity index (χ1) is 12.7. The van der Waals surface area contributed by atoms with Gasteiger partial charge in [-0.15, -0.1) is 0 Å². The molecule has 0 saturated heterocycles. The summed E-state index contributed by atoms with van der Waals surface area (Å²) in [5.41, 5.74) is 2.58. The van der Waals surface area contributed by atoms with E-state index in [0.717, 1.165) is 24.5 Å². The summed E-state index contributed by atoms with van der Waals surface area (Å²) >= 11 is 0. The fourth-order valence-electron chi connectivity index (χ4n) is 3.12. The lowest BCUT2D eigenvalue weighted by Crippen LogP contribution is -2.37. The van der Waals surface area contributed by atoms with Crippen LogP contribution in [0.4, 0.5) is 0 Å². The van der Waals surface area contributed by atoms with E-state index in [-0.39, 0.29) is 0 Å². The summed E-state index contributed by atoms with van der Waals surface area (Å²) in [5, 5.41) is 6.71. The number of benzene rings is 1. The van der Waals surface area contributed by atoms with Crippen molar-refractivity contribution in [2.24, 2.45) is 4.99 Å². The van der Waals surface area contributed by atoms with Gasteiger partial charge in [0.1, 0.15) is 0 Å². The van der Waals surface area contributed by atoms with Crippen molar-refractivity contribution in [2.45, 2.75) is 38.6 Å². The van der Waals surface area contributed by atoms with Gasteiger partial charge in [-0.05, 0) is 49.8 Å². The minimum absolute atomic E-state index is 0.599. The van der Waals surface area contributed by atoms with Crippen LogP contribution in [0, 0.1) is 0 Å². The summed E-state index contributed by atoms with van der Waals surface area (Å²) < 4.78 is 16.2. The number of hydrogen-bond donors (Lipinski definition) is 2. The van der Waals surface area contributed by atoms with E-state index in [2.05, 4.69) is 21.7 Å². The maximum atomic E-state index is 5.40. The van der Waals surface area contributed by atoms with E-state index >= 15 is 0 Å². The molecule has 0 bridgehead atoms. The van der Waals surface area contributed by atoms with Crippen molar-refractivity contribution in [2.75, 3.05) is 34.9 Å². The molecule has 144 valence electrons. The van der Waals surface area contributed by atoms with Gasteiger partial charge in [0.15, 0.2) is 17.5 Å². The second-order valence-corrected chi connectivity index (χ2v) is 6.24. The third-order valence-electron chi connectivity index (χ3n) is 4.53. The zero-order valence-corrected chi connectivity index (χ0v) is 16.4. The standard InChI is InChI=1S/C20H31N3O3/c1-21-20(22-11-10-15-8-6-5-7-9-15)23-14-16-12-17(24-2)19(26-4)18(13-16)25-3/h8,12-13H,5-7,9-11,14H2,1-4H3,(H2,21,22,23). The zero-order chi connectivity index (χ0) is 18.8. The van der Waals surface area contributed by atoms with Gasteiger partial charge < -0.3 is 24.8 Å². The maximum absolute atomic E-state index is 5.40. The first-order valence-corrected chi connectivity index (χ1v) is 9.13. The molecular formula is C20H31N3O3. The average molecular weight is 361 g/mol. The van der Waals surface area contributed by atoms with Crippen LogP contribution in [0.5, 0.6) is 17.2 Å². The van der Waals surface area contributed by atoms with Crippen molar-refractivity contribution in [3.05, 3.63) is 29.3 Å². The molecule has 0 atom stereocenters. The SMILES string of the molecule is CN=C(NCCC1=CCCCC1)NCc1cc(OC)c(OC)c(OC)c1. The van der Waals surface area contributed by atoms with Gasteiger partial charge in [0, 0.05) is 20.1 Å². The normalized spacial score (nSPS) is 14.5. The van der Waals surface area contributed by atoms with Crippen molar-refractivity contribution in [3.63, 3.8) is 0 Å². The number of guanidine groups is 1. The molecular weight excluding hydrogens is 330 g/mol. The Bertz CT molecular complexity index is 616. The molecule has 26 heavy (non-hydrogen) atoms. The Morgan fingerprint density at radius 1 is 1.04 bits per heavy atom. The van der Waals surface area contributed by atoms with Gasteiger partial charge in [0.25, 0.3) is 0 Å². The van der Waals surface area contributed by atoms with Gasteiger partial charge in [-0.2, -0.15) is 0 Å². The van der Waals surface area contributed by atoms with Gasteiger partial charge in [-0.3, -0.25) is 4.99 Å². The fourth-order valence-corrected chi connectivity index (χ4v) is 3.12. The molecule has 1 aliphatic carbocycles. The minimum atomic E-state index is 0.599. The minimum Gasteiger partial charge on any atom is -0.493 e. The molecule has 0 fully saturated rings. The highest BCUT2D eigenvalue weighted by Crippen LogP contribution is 2.38. The van der Waals surface area contributed by atoms with Crippen LogP contribution >= 0.6 is 0 Å². The van der Waals surface area contributed by atoms with Crippen LogP contribution in [0.15, 0.2) is 28.8 Å². The van der Waals surface area contributed by atoms with Crippen LogP contribution in [0.2, 0.25) is 0 Å². The second kappa shape index (κ2) is 10.6. The second-order valence-electron chi connectivity index (χ2n) is 6.24. The summed E-state index contributed by atoms with van der Waals surface area (Å²) in [5.74, 6) is 2.68. The largest absolute Gasteiger partial charge is 0.493 e. The van der Waals surface area contributed by atoms with E-state index < -0.39 is 0 Å². The van der Waals surface area contributed by atoms with Gasteiger partial charge >= 0.3 is 0 Å². The third-order valence-corrected chi connectivity index (χ3v) is 4.53. The van der Waals surface area contributed by atoms with Gasteiger partial charge in [0.2, 0.25) is 5.75 Å². The van der Waals surface area contributed by atoms with E-state index in [1.54, 1.807) is 34.0 Å². The number of allylic oxidation sites excluding steroid dienone is 1.